The maximum Gasteiger partial charge on any atom is 0.237 e. The van der Waals surface area contributed by atoms with Gasteiger partial charge in [0.15, 0.2) is 5.78 Å². The number of nitrogens with two attached hydrogens (primary N) is 1. The van der Waals surface area contributed by atoms with E-state index in [1.54, 1.807) is 0 Å². The summed E-state index contributed by atoms with van der Waals surface area (Å²) < 4.78 is 0. The second-order valence-corrected chi connectivity index (χ2v) is 8.30. The molecule has 1 aromatic rings. The molecule has 6 heteroatoms. The van der Waals surface area contributed by atoms with Crippen molar-refractivity contribution in [2.45, 2.75) is 90.3 Å². The Bertz CT molecular complexity index is 630. The molecule has 0 heterocycles. The van der Waals surface area contributed by atoms with Crippen LogP contribution in [0.1, 0.15) is 71.3 Å². The molecule has 0 aromatic heterocycles. The molecule has 4 N–H and O–H groups in total. The van der Waals surface area contributed by atoms with Crippen molar-refractivity contribution in [3.63, 3.8) is 0 Å². The van der Waals surface area contributed by atoms with Crippen LogP contribution in [0.4, 0.5) is 0 Å². The van der Waals surface area contributed by atoms with Gasteiger partial charge in [0, 0.05) is 6.04 Å². The average Bonchev–Trinajstić information content (AvgIpc) is 2.75. The number of carbonyl (C=O) groups excluding carboxylic acids is 3. The Hall–Kier alpha value is -2.21. The Labute approximate surface area is 181 Å². The fourth-order valence-electron chi connectivity index (χ4n) is 3.59. The van der Waals surface area contributed by atoms with Crippen LogP contribution in [0.5, 0.6) is 0 Å². The highest BCUT2D eigenvalue weighted by Gasteiger charge is 2.21. The molecular formula is C24H39N3O3. The molecule has 1 aromatic carbocycles. The van der Waals surface area contributed by atoms with Crippen LogP contribution >= 0.6 is 0 Å². The van der Waals surface area contributed by atoms with Gasteiger partial charge in [-0.1, -0.05) is 69.4 Å². The first-order valence-corrected chi connectivity index (χ1v) is 11.2. The number of nitrogens with one attached hydrogen (secondary N) is 2. The van der Waals surface area contributed by atoms with Crippen molar-refractivity contribution in [3.8, 4) is 0 Å². The zero-order valence-corrected chi connectivity index (χ0v) is 18.7. The van der Waals surface area contributed by atoms with E-state index in [1.165, 1.54) is 39.0 Å². The number of carbonyl (C=O) groups is 3. The third-order valence-corrected chi connectivity index (χ3v) is 5.69. The largest absolute Gasteiger partial charge is 0.352 e. The molecule has 2 amide bonds. The predicted octanol–water partition coefficient (Wildman–Crippen LogP) is 3.13. The molecule has 6 nitrogen and oxygen atoms in total. The maximum atomic E-state index is 11.7. The van der Waals surface area contributed by atoms with Crippen LogP contribution < -0.4 is 16.4 Å². The number of amides is 2. The molecule has 1 unspecified atom stereocenters. The van der Waals surface area contributed by atoms with Crippen LogP contribution in [0.15, 0.2) is 30.3 Å². The van der Waals surface area contributed by atoms with Gasteiger partial charge in [0.1, 0.15) is 0 Å². The Morgan fingerprint density at radius 3 is 2.33 bits per heavy atom. The summed E-state index contributed by atoms with van der Waals surface area (Å²) in [6, 6.07) is 9.13. The molecule has 2 rings (SSSR count). The number of ketones is 1. The van der Waals surface area contributed by atoms with Gasteiger partial charge in [-0.15, -0.1) is 0 Å². The van der Waals surface area contributed by atoms with Crippen molar-refractivity contribution < 1.29 is 14.4 Å². The van der Waals surface area contributed by atoms with Crippen LogP contribution in [-0.2, 0) is 20.8 Å². The van der Waals surface area contributed by atoms with Crippen molar-refractivity contribution >= 4 is 18.1 Å². The van der Waals surface area contributed by atoms with Crippen LogP contribution in [-0.4, -0.2) is 36.2 Å². The summed E-state index contributed by atoms with van der Waals surface area (Å²) in [5.74, 6) is 0.673. The standard InChI is InChI=1S/C13H26N2O.C11H13NO2/c1-3-10(2)15-13(16)12(14)9-11-7-5-4-6-8-11;1-9(14)11(12-8-13)7-10-5-3-2-4-6-10/h10-12H,3-9,14H2,1-2H3,(H,15,16);2-6,8,11H,7H2,1H3,(H,12,13)/t10-,12+;/m1./s1. The monoisotopic (exact) mass is 417 g/mol. The lowest BCUT2D eigenvalue weighted by atomic mass is 9.85. The van der Waals surface area contributed by atoms with E-state index in [0.717, 1.165) is 18.4 Å². The van der Waals surface area contributed by atoms with E-state index in [1.807, 2.05) is 37.3 Å². The van der Waals surface area contributed by atoms with E-state index in [-0.39, 0.29) is 23.8 Å². The summed E-state index contributed by atoms with van der Waals surface area (Å²) >= 11 is 0. The topological polar surface area (TPSA) is 101 Å². The predicted molar refractivity (Wildman–Crippen MR) is 121 cm³/mol. The fraction of sp³-hybridized carbons (Fsp3) is 0.625. The van der Waals surface area contributed by atoms with Gasteiger partial charge in [-0.2, -0.15) is 0 Å². The minimum atomic E-state index is -0.408. The molecule has 0 aliphatic heterocycles. The second kappa shape index (κ2) is 14.7. The number of rotatable bonds is 10. The van der Waals surface area contributed by atoms with Crippen molar-refractivity contribution in [1.29, 1.82) is 0 Å². The lowest BCUT2D eigenvalue weighted by molar-refractivity contribution is -0.123. The first-order valence-electron chi connectivity index (χ1n) is 11.2. The molecule has 0 radical (unpaired) electrons. The lowest BCUT2D eigenvalue weighted by Crippen LogP contribution is -2.45. The van der Waals surface area contributed by atoms with E-state index in [9.17, 15) is 14.4 Å². The summed E-state index contributed by atoms with van der Waals surface area (Å²) in [6.07, 6.45) is 9.42. The summed E-state index contributed by atoms with van der Waals surface area (Å²) in [5.41, 5.74) is 6.98. The zero-order valence-electron chi connectivity index (χ0n) is 18.7. The molecule has 1 fully saturated rings. The maximum absolute atomic E-state index is 11.7. The van der Waals surface area contributed by atoms with Gasteiger partial charge in [-0.25, -0.2) is 0 Å². The Kier molecular flexibility index (Phi) is 12.7. The number of Topliss-reactive ketones (excluding diaryl/α,β-unsaturated/α-hetero) is 1. The Morgan fingerprint density at radius 2 is 1.80 bits per heavy atom. The molecule has 30 heavy (non-hydrogen) atoms. The first-order chi connectivity index (χ1) is 14.4. The highest BCUT2D eigenvalue weighted by Crippen LogP contribution is 2.26. The molecule has 0 bridgehead atoms. The molecule has 3 atom stereocenters. The highest BCUT2D eigenvalue weighted by atomic mass is 16.2. The molecule has 0 saturated heterocycles. The first kappa shape index (κ1) is 25.8. The van der Waals surface area contributed by atoms with Crippen molar-refractivity contribution in [2.75, 3.05) is 0 Å². The van der Waals surface area contributed by atoms with Gasteiger partial charge >= 0.3 is 0 Å². The van der Waals surface area contributed by atoms with Crippen LogP contribution in [0.3, 0.4) is 0 Å². The smallest absolute Gasteiger partial charge is 0.237 e. The van der Waals surface area contributed by atoms with Gasteiger partial charge in [0.25, 0.3) is 0 Å². The lowest BCUT2D eigenvalue weighted by Gasteiger charge is -2.24. The third kappa shape index (κ3) is 10.5. The fourth-order valence-corrected chi connectivity index (χ4v) is 3.59. The van der Waals surface area contributed by atoms with E-state index < -0.39 is 6.04 Å². The van der Waals surface area contributed by atoms with Crippen molar-refractivity contribution in [2.24, 2.45) is 11.7 Å². The van der Waals surface area contributed by atoms with E-state index in [4.69, 9.17) is 5.73 Å². The average molecular weight is 418 g/mol. The van der Waals surface area contributed by atoms with Gasteiger partial charge in [0.05, 0.1) is 12.1 Å². The van der Waals surface area contributed by atoms with Gasteiger partial charge < -0.3 is 16.4 Å². The summed E-state index contributed by atoms with van der Waals surface area (Å²) in [5, 5.41) is 5.46. The van der Waals surface area contributed by atoms with E-state index in [0.29, 0.717) is 18.7 Å². The minimum Gasteiger partial charge on any atom is -0.352 e. The Morgan fingerprint density at radius 1 is 1.17 bits per heavy atom. The van der Waals surface area contributed by atoms with Gasteiger partial charge in [-0.3, -0.25) is 14.4 Å². The SMILES string of the molecule is CC(=O)C(Cc1ccccc1)NC=O.CC[C@@H](C)NC(=O)[C@@H](N)CC1CCCCC1. The summed E-state index contributed by atoms with van der Waals surface area (Å²) in [4.78, 5) is 33.1. The zero-order chi connectivity index (χ0) is 22.4. The number of hydrogen-bond acceptors (Lipinski definition) is 4. The molecule has 1 saturated carbocycles. The summed E-state index contributed by atoms with van der Waals surface area (Å²) in [6.45, 7) is 5.56. The molecule has 1 aliphatic rings. The minimum absolute atomic E-state index is 0.0269. The van der Waals surface area contributed by atoms with Crippen molar-refractivity contribution in [1.82, 2.24) is 10.6 Å². The van der Waals surface area contributed by atoms with Gasteiger partial charge in [0.2, 0.25) is 12.3 Å². The quantitative estimate of drug-likeness (QED) is 0.509. The number of benzene rings is 1. The van der Waals surface area contributed by atoms with Crippen LogP contribution in [0.25, 0.3) is 0 Å². The highest BCUT2D eigenvalue weighted by molar-refractivity contribution is 5.83. The second-order valence-electron chi connectivity index (χ2n) is 8.30. The van der Waals surface area contributed by atoms with E-state index >= 15 is 0 Å². The third-order valence-electron chi connectivity index (χ3n) is 5.69. The molecule has 1 aliphatic carbocycles. The van der Waals surface area contributed by atoms with Crippen LogP contribution in [0.2, 0.25) is 0 Å². The Balaban J connectivity index is 0.000000303. The summed E-state index contributed by atoms with van der Waals surface area (Å²) in [7, 11) is 0. The normalized spacial score (nSPS) is 16.9. The molecule has 0 spiro atoms. The van der Waals surface area contributed by atoms with Gasteiger partial charge in [-0.05, 0) is 44.6 Å². The van der Waals surface area contributed by atoms with Crippen molar-refractivity contribution in [3.05, 3.63) is 35.9 Å². The molecule has 168 valence electrons. The number of hydrogen-bond donors (Lipinski definition) is 3. The van der Waals surface area contributed by atoms with E-state index in [2.05, 4.69) is 17.6 Å². The molecular weight excluding hydrogens is 378 g/mol. The van der Waals surface area contributed by atoms with Crippen LogP contribution in [0, 0.1) is 5.92 Å².